The number of hydrogen-bond acceptors (Lipinski definition) is 3. The number of nitrogens with zero attached hydrogens (tertiary/aromatic N) is 1. The van der Waals surface area contributed by atoms with Crippen LogP contribution in [-0.4, -0.2) is 25.3 Å². The lowest BCUT2D eigenvalue weighted by Gasteiger charge is -2.12. The van der Waals surface area contributed by atoms with E-state index >= 15 is 0 Å². The molecule has 0 rings (SSSR count). The third kappa shape index (κ3) is 5.84. The predicted octanol–water partition coefficient (Wildman–Crippen LogP) is 0.913. The third-order valence-electron chi connectivity index (χ3n) is 1.20. The van der Waals surface area contributed by atoms with E-state index in [1.54, 1.807) is 0 Å². The molecular weight excluding hydrogens is 140 g/mol. The van der Waals surface area contributed by atoms with Crippen LogP contribution in [0.1, 0.15) is 20.8 Å². The SMILES string of the molecule is CCNC(C#N)COC(C)C. The lowest BCUT2D eigenvalue weighted by molar-refractivity contribution is 0.0709. The van der Waals surface area contributed by atoms with Gasteiger partial charge in [-0.25, -0.2) is 0 Å². The molecule has 0 aliphatic rings. The standard InChI is InChI=1S/C8H16N2O/c1-4-10-8(5-9)6-11-7(2)3/h7-8,10H,4,6H2,1-3H3. The fourth-order valence-electron chi connectivity index (χ4n) is 0.677. The summed E-state index contributed by atoms with van der Waals surface area (Å²) in [6, 6.07) is 1.96. The van der Waals surface area contributed by atoms with E-state index in [1.165, 1.54) is 0 Å². The Kier molecular flexibility index (Phi) is 5.81. The zero-order valence-electron chi connectivity index (χ0n) is 7.42. The summed E-state index contributed by atoms with van der Waals surface area (Å²) >= 11 is 0. The molecule has 0 aromatic carbocycles. The number of ether oxygens (including phenoxy) is 1. The largest absolute Gasteiger partial charge is 0.376 e. The van der Waals surface area contributed by atoms with E-state index in [0.29, 0.717) is 6.61 Å². The zero-order valence-corrected chi connectivity index (χ0v) is 7.42. The van der Waals surface area contributed by atoms with Crippen molar-refractivity contribution in [1.29, 1.82) is 5.26 Å². The Hall–Kier alpha value is -0.590. The van der Waals surface area contributed by atoms with Crippen molar-refractivity contribution in [2.24, 2.45) is 0 Å². The fourth-order valence-corrected chi connectivity index (χ4v) is 0.677. The zero-order chi connectivity index (χ0) is 8.69. The number of nitrogens with one attached hydrogen (secondary N) is 1. The van der Waals surface area contributed by atoms with Crippen LogP contribution in [0.25, 0.3) is 0 Å². The van der Waals surface area contributed by atoms with Gasteiger partial charge in [0, 0.05) is 0 Å². The van der Waals surface area contributed by atoms with Crippen LogP contribution in [0.4, 0.5) is 0 Å². The molecule has 0 saturated carbocycles. The molecule has 3 nitrogen and oxygen atoms in total. The number of rotatable bonds is 5. The second-order valence-electron chi connectivity index (χ2n) is 2.62. The van der Waals surface area contributed by atoms with Crippen molar-refractivity contribution in [3.8, 4) is 6.07 Å². The van der Waals surface area contributed by atoms with Gasteiger partial charge in [0.25, 0.3) is 0 Å². The van der Waals surface area contributed by atoms with Crippen molar-refractivity contribution in [3.05, 3.63) is 0 Å². The van der Waals surface area contributed by atoms with Crippen molar-refractivity contribution in [2.75, 3.05) is 13.2 Å². The lowest BCUT2D eigenvalue weighted by Crippen LogP contribution is -2.32. The van der Waals surface area contributed by atoms with Crippen molar-refractivity contribution in [1.82, 2.24) is 5.32 Å². The molecule has 0 amide bonds. The van der Waals surface area contributed by atoms with E-state index in [4.69, 9.17) is 10.00 Å². The minimum Gasteiger partial charge on any atom is -0.376 e. The van der Waals surface area contributed by atoms with Crippen LogP contribution >= 0.6 is 0 Å². The summed E-state index contributed by atoms with van der Waals surface area (Å²) in [5, 5.41) is 11.6. The minimum absolute atomic E-state index is 0.164. The lowest BCUT2D eigenvalue weighted by atomic mass is 10.3. The predicted molar refractivity (Wildman–Crippen MR) is 44.2 cm³/mol. The molecular formula is C8H16N2O. The molecule has 0 saturated heterocycles. The summed E-state index contributed by atoms with van der Waals surface area (Å²) in [5.74, 6) is 0. The summed E-state index contributed by atoms with van der Waals surface area (Å²) < 4.78 is 5.26. The van der Waals surface area contributed by atoms with Gasteiger partial charge >= 0.3 is 0 Å². The Morgan fingerprint density at radius 1 is 1.55 bits per heavy atom. The minimum atomic E-state index is -0.164. The van der Waals surface area contributed by atoms with Crippen LogP contribution < -0.4 is 5.32 Å². The topological polar surface area (TPSA) is 45.0 Å². The summed E-state index contributed by atoms with van der Waals surface area (Å²) in [6.45, 7) is 7.17. The summed E-state index contributed by atoms with van der Waals surface area (Å²) in [7, 11) is 0. The van der Waals surface area contributed by atoms with Gasteiger partial charge in [0.05, 0.1) is 18.8 Å². The first-order valence-corrected chi connectivity index (χ1v) is 3.95. The first-order valence-electron chi connectivity index (χ1n) is 3.95. The highest BCUT2D eigenvalue weighted by molar-refractivity contribution is 4.89. The van der Waals surface area contributed by atoms with Crippen LogP contribution in [0, 0.1) is 11.3 Å². The van der Waals surface area contributed by atoms with E-state index in [0.717, 1.165) is 6.54 Å². The summed E-state index contributed by atoms with van der Waals surface area (Å²) in [5.41, 5.74) is 0. The molecule has 0 aliphatic carbocycles. The molecule has 1 atom stereocenters. The Bertz CT molecular complexity index is 129. The smallest absolute Gasteiger partial charge is 0.119 e. The molecule has 3 heteroatoms. The average Bonchev–Trinajstić information content (AvgIpc) is 1.97. The van der Waals surface area contributed by atoms with Gasteiger partial charge in [-0.3, -0.25) is 0 Å². The fraction of sp³-hybridized carbons (Fsp3) is 0.875. The van der Waals surface area contributed by atoms with Gasteiger partial charge in [-0.2, -0.15) is 5.26 Å². The van der Waals surface area contributed by atoms with Crippen molar-refractivity contribution in [2.45, 2.75) is 32.9 Å². The van der Waals surface area contributed by atoms with E-state index in [-0.39, 0.29) is 12.1 Å². The van der Waals surface area contributed by atoms with E-state index in [9.17, 15) is 0 Å². The van der Waals surface area contributed by atoms with Crippen LogP contribution in [0.5, 0.6) is 0 Å². The van der Waals surface area contributed by atoms with Crippen molar-refractivity contribution in [3.63, 3.8) is 0 Å². The maximum atomic E-state index is 8.58. The normalized spacial score (nSPS) is 13.0. The number of hydrogen-bond donors (Lipinski definition) is 1. The van der Waals surface area contributed by atoms with Crippen molar-refractivity contribution < 1.29 is 4.74 Å². The van der Waals surface area contributed by atoms with Gasteiger partial charge in [0.2, 0.25) is 0 Å². The summed E-state index contributed by atoms with van der Waals surface area (Å²) in [4.78, 5) is 0. The second-order valence-corrected chi connectivity index (χ2v) is 2.62. The molecule has 0 aromatic rings. The molecule has 0 aliphatic heterocycles. The molecule has 0 bridgehead atoms. The van der Waals surface area contributed by atoms with Crippen molar-refractivity contribution >= 4 is 0 Å². The van der Waals surface area contributed by atoms with Gasteiger partial charge in [-0.05, 0) is 20.4 Å². The molecule has 0 aromatic heterocycles. The Labute approximate surface area is 68.3 Å². The Balaban J connectivity index is 3.46. The number of likely N-dealkylation sites (N-methyl/N-ethyl adjacent to an activating group) is 1. The first kappa shape index (κ1) is 10.4. The Morgan fingerprint density at radius 2 is 2.18 bits per heavy atom. The van der Waals surface area contributed by atoms with Crippen LogP contribution in [-0.2, 0) is 4.74 Å². The highest BCUT2D eigenvalue weighted by atomic mass is 16.5. The van der Waals surface area contributed by atoms with Crippen LogP contribution in [0.2, 0.25) is 0 Å². The van der Waals surface area contributed by atoms with Gasteiger partial charge in [-0.1, -0.05) is 6.92 Å². The number of nitriles is 1. The summed E-state index contributed by atoms with van der Waals surface area (Å²) in [6.07, 6.45) is 0.199. The highest BCUT2D eigenvalue weighted by Gasteiger charge is 2.05. The van der Waals surface area contributed by atoms with E-state index in [2.05, 4.69) is 11.4 Å². The molecule has 1 N–H and O–H groups in total. The van der Waals surface area contributed by atoms with Gasteiger partial charge in [0.15, 0.2) is 0 Å². The molecule has 64 valence electrons. The Morgan fingerprint density at radius 3 is 2.55 bits per heavy atom. The average molecular weight is 156 g/mol. The molecule has 0 fully saturated rings. The molecule has 0 radical (unpaired) electrons. The first-order chi connectivity index (χ1) is 5.20. The molecule has 0 heterocycles. The molecule has 1 unspecified atom stereocenters. The van der Waals surface area contributed by atoms with Crippen LogP contribution in [0.3, 0.4) is 0 Å². The molecule has 11 heavy (non-hydrogen) atoms. The maximum Gasteiger partial charge on any atom is 0.119 e. The maximum absolute atomic E-state index is 8.58. The molecule has 0 spiro atoms. The van der Waals surface area contributed by atoms with Gasteiger partial charge in [0.1, 0.15) is 6.04 Å². The van der Waals surface area contributed by atoms with E-state index < -0.39 is 0 Å². The third-order valence-corrected chi connectivity index (χ3v) is 1.20. The highest BCUT2D eigenvalue weighted by Crippen LogP contribution is 1.90. The monoisotopic (exact) mass is 156 g/mol. The second kappa shape index (κ2) is 6.14. The quantitative estimate of drug-likeness (QED) is 0.643. The van der Waals surface area contributed by atoms with Crippen LogP contribution in [0.15, 0.2) is 0 Å². The van der Waals surface area contributed by atoms with E-state index in [1.807, 2.05) is 20.8 Å². The van der Waals surface area contributed by atoms with Gasteiger partial charge in [-0.15, -0.1) is 0 Å². The van der Waals surface area contributed by atoms with Gasteiger partial charge < -0.3 is 10.1 Å².